The number of nitrogens with zero attached hydrogens (tertiary/aromatic N) is 1. The summed E-state index contributed by atoms with van der Waals surface area (Å²) in [5.41, 5.74) is -2.01. The molecule has 0 unspecified atom stereocenters. The van der Waals surface area contributed by atoms with Gasteiger partial charge in [-0.15, -0.1) is 0 Å². The van der Waals surface area contributed by atoms with Crippen LogP contribution in [0.3, 0.4) is 0 Å². The quantitative estimate of drug-likeness (QED) is 0.526. The Bertz CT molecular complexity index is 773. The number of nitro groups is 1. The SMILES string of the molecule is CNc1ccc([N+](=O)[O-])cc1C(=O)c1ccccc1C(F)(F)F. The second kappa shape index (κ2) is 6.07. The van der Waals surface area contributed by atoms with Gasteiger partial charge in [0, 0.05) is 30.4 Å². The van der Waals surface area contributed by atoms with Crippen molar-refractivity contribution < 1.29 is 22.9 Å². The minimum absolute atomic E-state index is 0.196. The molecule has 0 fully saturated rings. The molecule has 2 aromatic rings. The highest BCUT2D eigenvalue weighted by atomic mass is 19.4. The first-order valence-electron chi connectivity index (χ1n) is 6.43. The van der Waals surface area contributed by atoms with E-state index in [4.69, 9.17) is 0 Å². The first kappa shape index (κ1) is 16.5. The zero-order chi connectivity index (χ0) is 17.2. The minimum Gasteiger partial charge on any atom is -0.388 e. The van der Waals surface area contributed by atoms with E-state index < -0.39 is 28.0 Å². The van der Waals surface area contributed by atoms with Crippen molar-refractivity contribution in [2.75, 3.05) is 12.4 Å². The number of halogens is 3. The fourth-order valence-electron chi connectivity index (χ4n) is 2.13. The van der Waals surface area contributed by atoms with Crippen molar-refractivity contribution in [3.63, 3.8) is 0 Å². The summed E-state index contributed by atoms with van der Waals surface area (Å²) < 4.78 is 39.1. The molecule has 0 aliphatic carbocycles. The molecule has 0 heterocycles. The molecule has 0 amide bonds. The lowest BCUT2D eigenvalue weighted by Crippen LogP contribution is -2.15. The summed E-state index contributed by atoms with van der Waals surface area (Å²) in [7, 11) is 1.47. The van der Waals surface area contributed by atoms with Crippen LogP contribution >= 0.6 is 0 Å². The average molecular weight is 324 g/mol. The van der Waals surface area contributed by atoms with Gasteiger partial charge in [0.05, 0.1) is 16.1 Å². The van der Waals surface area contributed by atoms with Gasteiger partial charge in [-0.2, -0.15) is 13.2 Å². The van der Waals surface area contributed by atoms with Gasteiger partial charge in [0.1, 0.15) is 0 Å². The van der Waals surface area contributed by atoms with E-state index in [1.807, 2.05) is 0 Å². The van der Waals surface area contributed by atoms with E-state index in [0.717, 1.165) is 24.3 Å². The number of hydrogen-bond donors (Lipinski definition) is 1. The molecule has 1 N–H and O–H groups in total. The highest BCUT2D eigenvalue weighted by Crippen LogP contribution is 2.34. The van der Waals surface area contributed by atoms with Crippen LogP contribution in [0.25, 0.3) is 0 Å². The molecule has 0 saturated heterocycles. The van der Waals surface area contributed by atoms with E-state index in [-0.39, 0.29) is 16.9 Å². The molecular weight excluding hydrogens is 313 g/mol. The number of anilines is 1. The lowest BCUT2D eigenvalue weighted by molar-refractivity contribution is -0.384. The molecule has 0 aromatic heterocycles. The van der Waals surface area contributed by atoms with E-state index in [0.29, 0.717) is 0 Å². The number of nitrogens with one attached hydrogen (secondary N) is 1. The fourth-order valence-corrected chi connectivity index (χ4v) is 2.13. The van der Waals surface area contributed by atoms with Crippen LogP contribution in [-0.4, -0.2) is 17.8 Å². The molecule has 23 heavy (non-hydrogen) atoms. The van der Waals surface area contributed by atoms with E-state index in [1.165, 1.54) is 25.2 Å². The number of ketones is 1. The van der Waals surface area contributed by atoms with Gasteiger partial charge in [0.2, 0.25) is 0 Å². The number of rotatable bonds is 4. The van der Waals surface area contributed by atoms with Crippen molar-refractivity contribution in [1.82, 2.24) is 0 Å². The van der Waals surface area contributed by atoms with Gasteiger partial charge in [-0.05, 0) is 12.1 Å². The van der Waals surface area contributed by atoms with Crippen LogP contribution in [0, 0.1) is 10.1 Å². The van der Waals surface area contributed by atoms with Gasteiger partial charge in [0.25, 0.3) is 5.69 Å². The third-order valence-electron chi connectivity index (χ3n) is 3.21. The predicted molar refractivity (Wildman–Crippen MR) is 77.5 cm³/mol. The highest BCUT2D eigenvalue weighted by Gasteiger charge is 2.35. The second-order valence-electron chi connectivity index (χ2n) is 4.61. The Morgan fingerprint density at radius 2 is 1.78 bits per heavy atom. The summed E-state index contributed by atoms with van der Waals surface area (Å²) >= 11 is 0. The number of benzene rings is 2. The molecule has 0 aliphatic rings. The van der Waals surface area contributed by atoms with Gasteiger partial charge in [-0.25, -0.2) is 0 Å². The normalized spacial score (nSPS) is 11.1. The Labute approximate surface area is 128 Å². The molecule has 8 heteroatoms. The summed E-state index contributed by atoms with van der Waals surface area (Å²) in [6, 6.07) is 7.72. The summed E-state index contributed by atoms with van der Waals surface area (Å²) in [4.78, 5) is 22.6. The Kier molecular flexibility index (Phi) is 4.35. The van der Waals surface area contributed by atoms with Gasteiger partial charge < -0.3 is 5.32 Å². The molecule has 2 rings (SSSR count). The summed E-state index contributed by atoms with van der Waals surface area (Å²) in [6.45, 7) is 0. The van der Waals surface area contributed by atoms with Crippen LogP contribution in [-0.2, 0) is 6.18 Å². The van der Waals surface area contributed by atoms with Crippen LogP contribution in [0.15, 0.2) is 42.5 Å². The van der Waals surface area contributed by atoms with Crippen molar-refractivity contribution in [1.29, 1.82) is 0 Å². The number of carbonyl (C=O) groups is 1. The number of nitro benzene ring substituents is 1. The molecule has 2 aromatic carbocycles. The monoisotopic (exact) mass is 324 g/mol. The van der Waals surface area contributed by atoms with E-state index in [2.05, 4.69) is 5.32 Å². The van der Waals surface area contributed by atoms with Gasteiger partial charge in [-0.3, -0.25) is 14.9 Å². The number of hydrogen-bond acceptors (Lipinski definition) is 4. The van der Waals surface area contributed by atoms with E-state index in [1.54, 1.807) is 0 Å². The van der Waals surface area contributed by atoms with Gasteiger partial charge in [-0.1, -0.05) is 18.2 Å². The fraction of sp³-hybridized carbons (Fsp3) is 0.133. The number of non-ortho nitro benzene ring substituents is 1. The van der Waals surface area contributed by atoms with Crippen molar-refractivity contribution >= 4 is 17.2 Å². The van der Waals surface area contributed by atoms with Crippen LogP contribution < -0.4 is 5.32 Å². The van der Waals surface area contributed by atoms with E-state index >= 15 is 0 Å². The zero-order valence-electron chi connectivity index (χ0n) is 11.8. The zero-order valence-corrected chi connectivity index (χ0v) is 11.8. The molecule has 0 saturated carbocycles. The smallest absolute Gasteiger partial charge is 0.388 e. The summed E-state index contributed by atoms with van der Waals surface area (Å²) in [5, 5.41) is 13.5. The maximum atomic E-state index is 13.0. The van der Waals surface area contributed by atoms with Crippen molar-refractivity contribution in [2.45, 2.75) is 6.18 Å². The Balaban J connectivity index is 2.62. The molecule has 120 valence electrons. The van der Waals surface area contributed by atoms with E-state index in [9.17, 15) is 28.1 Å². The molecule has 0 radical (unpaired) electrons. The second-order valence-corrected chi connectivity index (χ2v) is 4.61. The third kappa shape index (κ3) is 3.31. The molecule has 0 bridgehead atoms. The molecular formula is C15H11F3N2O3. The third-order valence-corrected chi connectivity index (χ3v) is 3.21. The Morgan fingerprint density at radius 3 is 2.35 bits per heavy atom. The summed E-state index contributed by atoms with van der Waals surface area (Å²) in [5.74, 6) is -0.939. The Hall–Kier alpha value is -2.90. The first-order valence-corrected chi connectivity index (χ1v) is 6.43. The largest absolute Gasteiger partial charge is 0.417 e. The molecule has 0 atom stereocenters. The maximum absolute atomic E-state index is 13.0. The number of carbonyl (C=O) groups excluding carboxylic acids is 1. The Morgan fingerprint density at radius 1 is 1.13 bits per heavy atom. The maximum Gasteiger partial charge on any atom is 0.417 e. The highest BCUT2D eigenvalue weighted by molar-refractivity contribution is 6.13. The minimum atomic E-state index is -4.70. The van der Waals surface area contributed by atoms with Crippen LogP contribution in [0.5, 0.6) is 0 Å². The van der Waals surface area contributed by atoms with Crippen molar-refractivity contribution in [3.8, 4) is 0 Å². The average Bonchev–Trinajstić information content (AvgIpc) is 2.52. The lowest BCUT2D eigenvalue weighted by Gasteiger charge is -2.13. The van der Waals surface area contributed by atoms with Gasteiger partial charge in [0.15, 0.2) is 5.78 Å². The number of alkyl halides is 3. The van der Waals surface area contributed by atoms with Crippen molar-refractivity contribution in [3.05, 3.63) is 69.3 Å². The standard InChI is InChI=1S/C15H11F3N2O3/c1-19-13-7-6-9(20(22)23)8-11(13)14(21)10-4-2-3-5-12(10)15(16,17)18/h2-8,19H,1H3. The molecule has 0 aliphatic heterocycles. The predicted octanol–water partition coefficient (Wildman–Crippen LogP) is 3.89. The topological polar surface area (TPSA) is 72.2 Å². The molecule has 0 spiro atoms. The molecule has 5 nitrogen and oxygen atoms in total. The van der Waals surface area contributed by atoms with Crippen LogP contribution in [0.2, 0.25) is 0 Å². The summed E-state index contributed by atoms with van der Waals surface area (Å²) in [6.07, 6.45) is -4.70. The first-order chi connectivity index (χ1) is 10.8. The van der Waals surface area contributed by atoms with Crippen LogP contribution in [0.1, 0.15) is 21.5 Å². The lowest BCUT2D eigenvalue weighted by atomic mass is 9.96. The van der Waals surface area contributed by atoms with Crippen molar-refractivity contribution in [2.24, 2.45) is 0 Å². The van der Waals surface area contributed by atoms with Gasteiger partial charge >= 0.3 is 6.18 Å². The van der Waals surface area contributed by atoms with Crippen LogP contribution in [0.4, 0.5) is 24.5 Å².